The van der Waals surface area contributed by atoms with Crippen LogP contribution in [-0.2, 0) is 4.43 Å². The second kappa shape index (κ2) is 6.86. The van der Waals surface area contributed by atoms with E-state index in [1.54, 1.807) is 0 Å². The zero-order chi connectivity index (χ0) is 16.3. The Hall–Kier alpha value is -0.973. The van der Waals surface area contributed by atoms with Crippen LogP contribution in [0.2, 0.25) is 18.1 Å². The van der Waals surface area contributed by atoms with Crippen LogP contribution < -0.4 is 4.74 Å². The first-order valence-corrected chi connectivity index (χ1v) is 10.3. The highest BCUT2D eigenvalue weighted by Gasteiger charge is 2.36. The molecule has 21 heavy (non-hydrogen) atoms. The molecule has 0 amide bonds. The lowest BCUT2D eigenvalue weighted by molar-refractivity contribution is 0.193. The van der Waals surface area contributed by atoms with Crippen molar-refractivity contribution in [3.05, 3.63) is 22.1 Å². The van der Waals surface area contributed by atoms with E-state index in [0.717, 1.165) is 0 Å². The second-order valence-corrected chi connectivity index (χ2v) is 11.8. The van der Waals surface area contributed by atoms with E-state index in [1.165, 1.54) is 6.20 Å². The molecule has 0 unspecified atom stereocenters. The van der Waals surface area contributed by atoms with Crippen LogP contribution >= 0.6 is 15.9 Å². The van der Waals surface area contributed by atoms with Gasteiger partial charge in [0.15, 0.2) is 8.32 Å². The summed E-state index contributed by atoms with van der Waals surface area (Å²) < 4.78 is 25.2. The topological polar surface area (TPSA) is 55.1 Å². The molecule has 0 aliphatic rings. The van der Waals surface area contributed by atoms with Gasteiger partial charge in [0.2, 0.25) is 5.82 Å². The lowest BCUT2D eigenvalue weighted by Gasteiger charge is -2.36. The fourth-order valence-electron chi connectivity index (χ4n) is 1.28. The SMILES string of the molecule is CC(C)(C)[Si](C)(C)OCCOc1ncc(C#N)c(Br)c1F. The lowest BCUT2D eigenvalue weighted by atomic mass is 10.2. The molecule has 0 aliphatic carbocycles. The van der Waals surface area contributed by atoms with E-state index in [9.17, 15) is 4.39 Å². The summed E-state index contributed by atoms with van der Waals surface area (Å²) in [4.78, 5) is 3.80. The van der Waals surface area contributed by atoms with Crippen molar-refractivity contribution in [3.8, 4) is 11.9 Å². The molecule has 0 spiro atoms. The summed E-state index contributed by atoms with van der Waals surface area (Å²) in [6.07, 6.45) is 1.27. The normalized spacial score (nSPS) is 12.1. The average molecular weight is 375 g/mol. The minimum absolute atomic E-state index is 0.0697. The zero-order valence-electron chi connectivity index (χ0n) is 13.0. The largest absolute Gasteiger partial charge is 0.473 e. The molecule has 0 aromatic carbocycles. The molecule has 0 N–H and O–H groups in total. The van der Waals surface area contributed by atoms with Crippen LogP contribution in [0.4, 0.5) is 4.39 Å². The molecule has 0 saturated heterocycles. The highest BCUT2D eigenvalue weighted by Crippen LogP contribution is 2.36. The molecule has 1 heterocycles. The molecular formula is C14H20BrFN2O2Si. The van der Waals surface area contributed by atoms with Gasteiger partial charge >= 0.3 is 0 Å². The van der Waals surface area contributed by atoms with Gasteiger partial charge in [0.1, 0.15) is 12.7 Å². The number of aromatic nitrogens is 1. The van der Waals surface area contributed by atoms with Crippen molar-refractivity contribution in [1.82, 2.24) is 4.98 Å². The smallest absolute Gasteiger partial charge is 0.251 e. The molecule has 1 rings (SSSR count). The van der Waals surface area contributed by atoms with Crippen molar-refractivity contribution in [2.75, 3.05) is 13.2 Å². The maximum Gasteiger partial charge on any atom is 0.251 e. The predicted molar refractivity (Wildman–Crippen MR) is 85.3 cm³/mol. The van der Waals surface area contributed by atoms with Gasteiger partial charge in [-0.1, -0.05) is 20.8 Å². The number of nitrogens with zero attached hydrogens (tertiary/aromatic N) is 2. The standard InChI is InChI=1S/C14H20BrFN2O2Si/c1-14(2,3)21(4,5)20-7-6-19-13-12(16)11(15)10(8-17)9-18-13/h9H,6-7H2,1-5H3. The molecule has 0 radical (unpaired) electrons. The minimum Gasteiger partial charge on any atom is -0.473 e. The van der Waals surface area contributed by atoms with E-state index < -0.39 is 14.1 Å². The van der Waals surface area contributed by atoms with E-state index in [0.29, 0.717) is 6.61 Å². The van der Waals surface area contributed by atoms with Gasteiger partial charge in [0.05, 0.1) is 22.8 Å². The average Bonchev–Trinajstić information content (AvgIpc) is 2.38. The number of rotatable bonds is 5. The molecule has 0 fully saturated rings. The van der Waals surface area contributed by atoms with Gasteiger partial charge in [0.25, 0.3) is 5.88 Å². The number of nitriles is 1. The van der Waals surface area contributed by atoms with Gasteiger partial charge in [0, 0.05) is 0 Å². The fraction of sp³-hybridized carbons (Fsp3) is 0.571. The summed E-state index contributed by atoms with van der Waals surface area (Å²) in [6.45, 7) is 11.3. The molecule has 7 heteroatoms. The van der Waals surface area contributed by atoms with Crippen molar-refractivity contribution in [1.29, 1.82) is 5.26 Å². The molecule has 1 aromatic heterocycles. The maximum absolute atomic E-state index is 13.9. The second-order valence-electron chi connectivity index (χ2n) is 6.17. The molecule has 0 saturated carbocycles. The number of ether oxygens (including phenoxy) is 1. The molecular weight excluding hydrogens is 355 g/mol. The van der Waals surface area contributed by atoms with E-state index in [-0.39, 0.29) is 27.6 Å². The Morgan fingerprint density at radius 3 is 2.52 bits per heavy atom. The first-order valence-electron chi connectivity index (χ1n) is 6.61. The van der Waals surface area contributed by atoms with Gasteiger partial charge in [-0.15, -0.1) is 0 Å². The van der Waals surface area contributed by atoms with Crippen LogP contribution in [0.3, 0.4) is 0 Å². The van der Waals surface area contributed by atoms with E-state index in [2.05, 4.69) is 54.8 Å². The minimum atomic E-state index is -1.83. The van der Waals surface area contributed by atoms with E-state index in [1.807, 2.05) is 6.07 Å². The number of halogens is 2. The molecule has 1 aromatic rings. The van der Waals surface area contributed by atoms with Crippen LogP contribution in [0.25, 0.3) is 0 Å². The first-order chi connectivity index (χ1) is 9.60. The third-order valence-electron chi connectivity index (χ3n) is 3.64. The molecule has 4 nitrogen and oxygen atoms in total. The monoisotopic (exact) mass is 374 g/mol. The van der Waals surface area contributed by atoms with E-state index in [4.69, 9.17) is 14.4 Å². The highest BCUT2D eigenvalue weighted by atomic mass is 79.9. The Labute approximate surface area is 134 Å². The maximum atomic E-state index is 13.9. The highest BCUT2D eigenvalue weighted by molar-refractivity contribution is 9.10. The summed E-state index contributed by atoms with van der Waals surface area (Å²) in [7, 11) is -1.83. The van der Waals surface area contributed by atoms with Gasteiger partial charge in [-0.05, 0) is 34.1 Å². The lowest BCUT2D eigenvalue weighted by Crippen LogP contribution is -2.41. The Bertz CT molecular complexity index is 553. The fourth-order valence-corrected chi connectivity index (χ4v) is 2.67. The van der Waals surface area contributed by atoms with Crippen molar-refractivity contribution >= 4 is 24.2 Å². The van der Waals surface area contributed by atoms with Crippen LogP contribution in [0.15, 0.2) is 10.7 Å². The van der Waals surface area contributed by atoms with Crippen molar-refractivity contribution in [3.63, 3.8) is 0 Å². The number of pyridine rings is 1. The van der Waals surface area contributed by atoms with Gasteiger partial charge in [-0.2, -0.15) is 9.65 Å². The summed E-state index contributed by atoms with van der Waals surface area (Å²) in [5.74, 6) is -0.791. The Kier molecular flexibility index (Phi) is 5.90. The number of hydrogen-bond donors (Lipinski definition) is 0. The molecule has 0 aliphatic heterocycles. The predicted octanol–water partition coefficient (Wildman–Crippen LogP) is 4.26. The summed E-state index contributed by atoms with van der Waals surface area (Å²) in [5.41, 5.74) is 0.136. The first kappa shape index (κ1) is 18.1. The molecule has 0 bridgehead atoms. The van der Waals surface area contributed by atoms with Crippen molar-refractivity contribution < 1.29 is 13.6 Å². The Morgan fingerprint density at radius 2 is 2.00 bits per heavy atom. The Morgan fingerprint density at radius 1 is 1.38 bits per heavy atom. The quantitative estimate of drug-likeness (QED) is 0.570. The van der Waals surface area contributed by atoms with Gasteiger partial charge in [-0.25, -0.2) is 4.98 Å². The van der Waals surface area contributed by atoms with E-state index >= 15 is 0 Å². The molecule has 116 valence electrons. The van der Waals surface area contributed by atoms with Crippen LogP contribution in [-0.4, -0.2) is 26.5 Å². The van der Waals surface area contributed by atoms with Crippen LogP contribution in [0.5, 0.6) is 5.88 Å². The summed E-state index contributed by atoms with van der Waals surface area (Å²) in [6, 6.07) is 1.84. The van der Waals surface area contributed by atoms with Gasteiger partial charge in [-0.3, -0.25) is 0 Å². The molecule has 0 atom stereocenters. The number of hydrogen-bond acceptors (Lipinski definition) is 4. The zero-order valence-corrected chi connectivity index (χ0v) is 15.5. The summed E-state index contributed by atoms with van der Waals surface area (Å²) in [5, 5.41) is 8.89. The van der Waals surface area contributed by atoms with Gasteiger partial charge < -0.3 is 9.16 Å². The van der Waals surface area contributed by atoms with Crippen LogP contribution in [0.1, 0.15) is 26.3 Å². The van der Waals surface area contributed by atoms with Crippen molar-refractivity contribution in [2.45, 2.75) is 38.9 Å². The third-order valence-corrected chi connectivity index (χ3v) is 8.95. The third kappa shape index (κ3) is 4.50. The Balaban J connectivity index is 2.59. The van der Waals surface area contributed by atoms with Crippen molar-refractivity contribution in [2.24, 2.45) is 0 Å². The van der Waals surface area contributed by atoms with Crippen LogP contribution in [0, 0.1) is 17.1 Å². The summed E-state index contributed by atoms with van der Waals surface area (Å²) >= 11 is 3.02.